The zero-order valence-corrected chi connectivity index (χ0v) is 17.6. The van der Waals surface area contributed by atoms with E-state index in [0.717, 1.165) is 5.56 Å². The van der Waals surface area contributed by atoms with E-state index in [1.807, 2.05) is 30.3 Å². The van der Waals surface area contributed by atoms with E-state index in [0.29, 0.717) is 21.5 Å². The monoisotopic (exact) mass is 467 g/mol. The van der Waals surface area contributed by atoms with Crippen LogP contribution in [-0.4, -0.2) is 28.8 Å². The van der Waals surface area contributed by atoms with E-state index in [-0.39, 0.29) is 17.9 Å². The summed E-state index contributed by atoms with van der Waals surface area (Å²) < 4.78 is 11.2. The Labute approximate surface area is 181 Å². The smallest absolute Gasteiger partial charge is 0.296 e. The molecule has 1 aliphatic heterocycles. The molecule has 0 radical (unpaired) electrons. The summed E-state index contributed by atoms with van der Waals surface area (Å²) in [5.41, 5.74) is 1.16. The number of carbonyl (C=O) groups is 2. The van der Waals surface area contributed by atoms with Crippen molar-refractivity contribution in [2.45, 2.75) is 12.6 Å². The maximum Gasteiger partial charge on any atom is 0.296 e. The van der Waals surface area contributed by atoms with Crippen molar-refractivity contribution in [1.29, 1.82) is 0 Å². The number of ether oxygens (including phenoxy) is 1. The molecule has 7 heteroatoms. The summed E-state index contributed by atoms with van der Waals surface area (Å²) >= 11 is 3.39. The Bertz CT molecular complexity index is 1120. The van der Waals surface area contributed by atoms with Crippen LogP contribution in [0.5, 0.6) is 5.75 Å². The summed E-state index contributed by atoms with van der Waals surface area (Å²) in [5.74, 6) is -0.531. The van der Waals surface area contributed by atoms with E-state index in [1.165, 1.54) is 18.3 Å². The van der Waals surface area contributed by atoms with Gasteiger partial charge in [0.2, 0.25) is 0 Å². The largest absolute Gasteiger partial charge is 0.507 e. The summed E-state index contributed by atoms with van der Waals surface area (Å²) in [6.07, 6.45) is 1.51. The number of hydrogen-bond acceptors (Lipinski definition) is 5. The summed E-state index contributed by atoms with van der Waals surface area (Å²) in [5, 5.41) is 11.1. The molecule has 0 saturated carbocycles. The van der Waals surface area contributed by atoms with Crippen LogP contribution in [0, 0.1) is 0 Å². The third-order valence-corrected chi connectivity index (χ3v) is 5.61. The van der Waals surface area contributed by atoms with Gasteiger partial charge in [-0.3, -0.25) is 9.59 Å². The fraction of sp³-hybridized carbons (Fsp3) is 0.130. The fourth-order valence-electron chi connectivity index (χ4n) is 3.56. The summed E-state index contributed by atoms with van der Waals surface area (Å²) in [7, 11) is 1.54. The molecule has 4 rings (SSSR count). The first-order valence-electron chi connectivity index (χ1n) is 9.21. The highest BCUT2D eigenvalue weighted by Crippen LogP contribution is 2.41. The maximum atomic E-state index is 13.0. The molecule has 2 heterocycles. The number of Topliss-reactive ketones (excluding diaryl/α,β-unsaturated/α-hetero) is 1. The minimum atomic E-state index is -0.739. The van der Waals surface area contributed by atoms with Crippen molar-refractivity contribution in [2.75, 3.05) is 7.11 Å². The third kappa shape index (κ3) is 3.52. The van der Waals surface area contributed by atoms with Crippen LogP contribution in [0.25, 0.3) is 5.76 Å². The fourth-order valence-corrected chi connectivity index (χ4v) is 4.11. The molecule has 1 atom stereocenters. The van der Waals surface area contributed by atoms with Crippen molar-refractivity contribution in [3.8, 4) is 5.75 Å². The van der Waals surface area contributed by atoms with Gasteiger partial charge in [-0.15, -0.1) is 0 Å². The first-order chi connectivity index (χ1) is 14.5. The second-order valence-corrected chi connectivity index (χ2v) is 7.62. The molecule has 6 nitrogen and oxygen atoms in total. The highest BCUT2D eigenvalue weighted by molar-refractivity contribution is 9.10. The number of hydrogen-bond donors (Lipinski definition) is 1. The minimum absolute atomic E-state index is 0.0369. The maximum absolute atomic E-state index is 13.0. The molecule has 3 aromatic rings. The number of amides is 1. The number of rotatable bonds is 5. The third-order valence-electron chi connectivity index (χ3n) is 4.99. The van der Waals surface area contributed by atoms with Crippen molar-refractivity contribution in [1.82, 2.24) is 4.90 Å². The molecule has 30 heavy (non-hydrogen) atoms. The molecule has 152 valence electrons. The van der Waals surface area contributed by atoms with E-state index in [9.17, 15) is 14.7 Å². The lowest BCUT2D eigenvalue weighted by molar-refractivity contribution is -0.140. The van der Waals surface area contributed by atoms with Crippen molar-refractivity contribution in [3.05, 3.63) is 93.9 Å². The van der Waals surface area contributed by atoms with Crippen LogP contribution in [0.15, 0.2) is 81.4 Å². The van der Waals surface area contributed by atoms with Gasteiger partial charge in [-0.1, -0.05) is 30.3 Å². The van der Waals surface area contributed by atoms with Gasteiger partial charge in [0.1, 0.15) is 17.3 Å². The van der Waals surface area contributed by atoms with Crippen LogP contribution in [-0.2, 0) is 16.1 Å². The lowest BCUT2D eigenvalue weighted by atomic mass is 9.95. The van der Waals surface area contributed by atoms with Crippen molar-refractivity contribution < 1.29 is 23.8 Å². The molecule has 0 spiro atoms. The Balaban J connectivity index is 1.85. The normalized spacial score (nSPS) is 18.1. The molecule has 0 aliphatic carbocycles. The average molecular weight is 468 g/mol. The molecular formula is C23H18BrNO5. The molecular weight excluding hydrogens is 450 g/mol. The number of nitrogens with zero attached hydrogens (tertiary/aromatic N) is 1. The highest BCUT2D eigenvalue weighted by atomic mass is 79.9. The van der Waals surface area contributed by atoms with Gasteiger partial charge in [-0.05, 0) is 51.8 Å². The number of carbonyl (C=O) groups excluding carboxylic acids is 2. The number of benzene rings is 2. The Morgan fingerprint density at radius 3 is 2.53 bits per heavy atom. The summed E-state index contributed by atoms with van der Waals surface area (Å²) in [6, 6.07) is 16.8. The number of halogens is 1. The van der Waals surface area contributed by atoms with Gasteiger partial charge in [0.25, 0.3) is 11.7 Å². The minimum Gasteiger partial charge on any atom is -0.507 e. The SMILES string of the molecule is COc1ccc(/C(O)=C2/C(=O)C(=O)N(Cc3ccco3)C2c2ccccc2)cc1Br. The molecule has 1 saturated heterocycles. The molecule has 1 fully saturated rings. The molecule has 1 unspecified atom stereocenters. The van der Waals surface area contributed by atoms with Gasteiger partial charge in [0.15, 0.2) is 0 Å². The Kier molecular flexibility index (Phi) is 5.46. The van der Waals surface area contributed by atoms with Gasteiger partial charge in [-0.25, -0.2) is 0 Å². The number of furan rings is 1. The lowest BCUT2D eigenvalue weighted by Crippen LogP contribution is -2.29. The van der Waals surface area contributed by atoms with Crippen molar-refractivity contribution >= 4 is 33.4 Å². The highest BCUT2D eigenvalue weighted by Gasteiger charge is 2.46. The molecule has 1 aromatic heterocycles. The standard InChI is InChI=1S/C23H18BrNO5/c1-29-18-10-9-15(12-17(18)24)21(26)19-20(14-6-3-2-4-7-14)25(23(28)22(19)27)13-16-8-5-11-30-16/h2-12,20,26H,13H2,1H3/b21-19-. The number of likely N-dealkylation sites (tertiary alicyclic amines) is 1. The second kappa shape index (κ2) is 8.20. The van der Waals surface area contributed by atoms with E-state index in [4.69, 9.17) is 9.15 Å². The van der Waals surface area contributed by atoms with Gasteiger partial charge in [-0.2, -0.15) is 0 Å². The molecule has 1 N–H and O–H groups in total. The van der Waals surface area contributed by atoms with Gasteiger partial charge in [0, 0.05) is 5.56 Å². The Morgan fingerprint density at radius 1 is 1.13 bits per heavy atom. The van der Waals surface area contributed by atoms with E-state index in [2.05, 4.69) is 15.9 Å². The molecule has 1 aliphatic rings. The van der Waals surface area contributed by atoms with E-state index >= 15 is 0 Å². The van der Waals surface area contributed by atoms with Crippen LogP contribution in [0.4, 0.5) is 0 Å². The zero-order chi connectivity index (χ0) is 21.3. The number of methoxy groups -OCH3 is 1. The summed E-state index contributed by atoms with van der Waals surface area (Å²) in [4.78, 5) is 27.3. The first-order valence-corrected chi connectivity index (χ1v) is 10.00. The quantitative estimate of drug-likeness (QED) is 0.335. The van der Waals surface area contributed by atoms with Gasteiger partial charge in [0.05, 0.1) is 36.0 Å². The number of ketones is 1. The molecule has 2 aromatic carbocycles. The van der Waals surface area contributed by atoms with Crippen LogP contribution in [0.3, 0.4) is 0 Å². The van der Waals surface area contributed by atoms with Crippen molar-refractivity contribution in [3.63, 3.8) is 0 Å². The first kappa shape index (κ1) is 20.0. The predicted molar refractivity (Wildman–Crippen MR) is 114 cm³/mol. The average Bonchev–Trinajstić information content (AvgIpc) is 3.36. The van der Waals surface area contributed by atoms with Crippen LogP contribution < -0.4 is 4.74 Å². The Morgan fingerprint density at radius 2 is 1.90 bits per heavy atom. The predicted octanol–water partition coefficient (Wildman–Crippen LogP) is 4.67. The van der Waals surface area contributed by atoms with Gasteiger partial charge < -0.3 is 19.2 Å². The number of aliphatic hydroxyl groups excluding tert-OH is 1. The summed E-state index contributed by atoms with van der Waals surface area (Å²) in [6.45, 7) is 0.111. The lowest BCUT2D eigenvalue weighted by Gasteiger charge is -2.24. The van der Waals surface area contributed by atoms with Crippen LogP contribution in [0.2, 0.25) is 0 Å². The topological polar surface area (TPSA) is 80.0 Å². The van der Waals surface area contributed by atoms with Crippen LogP contribution in [0.1, 0.15) is 22.9 Å². The molecule has 0 bridgehead atoms. The van der Waals surface area contributed by atoms with Gasteiger partial charge >= 0.3 is 0 Å². The Hall–Kier alpha value is -3.32. The van der Waals surface area contributed by atoms with E-state index in [1.54, 1.807) is 30.3 Å². The van der Waals surface area contributed by atoms with E-state index < -0.39 is 17.7 Å². The van der Waals surface area contributed by atoms with Crippen LogP contribution >= 0.6 is 15.9 Å². The second-order valence-electron chi connectivity index (χ2n) is 6.77. The zero-order valence-electron chi connectivity index (χ0n) is 16.0. The van der Waals surface area contributed by atoms with Crippen molar-refractivity contribution in [2.24, 2.45) is 0 Å². The molecule has 1 amide bonds. The number of aliphatic hydroxyl groups is 1.